The Morgan fingerprint density at radius 1 is 1.00 bits per heavy atom. The van der Waals surface area contributed by atoms with Crippen LogP contribution in [-0.4, -0.2) is 26.1 Å². The van der Waals surface area contributed by atoms with Gasteiger partial charge in [0.05, 0.1) is 17.7 Å². The van der Waals surface area contributed by atoms with Crippen molar-refractivity contribution in [3.63, 3.8) is 0 Å². The second kappa shape index (κ2) is 10.4. The first-order valence-electron chi connectivity index (χ1n) is 10.9. The number of aliphatic hydroxyl groups excluding tert-OH is 1. The standard InChI is InChI=1S/C25H37Cl2NO2Si/c1-8-22(29)17-28-25(5,19-12-14-20(26)15-13-19)23(18-10-9-11-21(27)16-18)30-31(6,7)24(2,3)4/h9-16,22-23,28-29H,8,17H2,1-7H3/t22-,23-,25-/m1/s1. The molecule has 2 aromatic carbocycles. The minimum Gasteiger partial charge on any atom is -0.408 e. The van der Waals surface area contributed by atoms with Crippen molar-refractivity contribution in [2.45, 2.75) is 76.9 Å². The minimum absolute atomic E-state index is 0.0354. The van der Waals surface area contributed by atoms with E-state index in [0.717, 1.165) is 11.1 Å². The number of aliphatic hydroxyl groups is 1. The zero-order chi connectivity index (χ0) is 23.4. The number of hydrogen-bond donors (Lipinski definition) is 2. The Labute approximate surface area is 199 Å². The molecule has 31 heavy (non-hydrogen) atoms. The molecular formula is C25H37Cl2NO2Si. The Hall–Kier alpha value is -0.883. The fraction of sp³-hybridized carbons (Fsp3) is 0.520. The van der Waals surface area contributed by atoms with Crippen LogP contribution in [0, 0.1) is 0 Å². The van der Waals surface area contributed by atoms with E-state index in [9.17, 15) is 5.11 Å². The maximum absolute atomic E-state index is 10.3. The smallest absolute Gasteiger partial charge is 0.193 e. The summed E-state index contributed by atoms with van der Waals surface area (Å²) in [5.74, 6) is 0. The lowest BCUT2D eigenvalue weighted by atomic mass is 9.82. The van der Waals surface area contributed by atoms with E-state index in [1.54, 1.807) is 0 Å². The molecule has 3 atom stereocenters. The van der Waals surface area contributed by atoms with Gasteiger partial charge in [0.2, 0.25) is 0 Å². The molecule has 2 N–H and O–H groups in total. The van der Waals surface area contributed by atoms with E-state index in [-0.39, 0.29) is 11.1 Å². The van der Waals surface area contributed by atoms with Crippen LogP contribution in [0.25, 0.3) is 0 Å². The topological polar surface area (TPSA) is 41.5 Å². The van der Waals surface area contributed by atoms with Gasteiger partial charge in [0.1, 0.15) is 0 Å². The molecule has 0 aliphatic heterocycles. The second-order valence-corrected chi connectivity index (χ2v) is 15.6. The molecular weight excluding hydrogens is 445 g/mol. The fourth-order valence-corrected chi connectivity index (χ4v) is 4.92. The first-order valence-corrected chi connectivity index (χ1v) is 14.6. The van der Waals surface area contributed by atoms with Gasteiger partial charge in [-0.2, -0.15) is 0 Å². The Bertz CT molecular complexity index is 851. The molecule has 0 unspecified atom stereocenters. The molecule has 0 amide bonds. The molecule has 0 saturated heterocycles. The number of nitrogens with one attached hydrogen (secondary N) is 1. The van der Waals surface area contributed by atoms with Crippen molar-refractivity contribution >= 4 is 31.5 Å². The van der Waals surface area contributed by atoms with Gasteiger partial charge in [0, 0.05) is 16.6 Å². The third-order valence-corrected chi connectivity index (χ3v) is 11.4. The molecule has 3 nitrogen and oxygen atoms in total. The number of hydrogen-bond acceptors (Lipinski definition) is 3. The first kappa shape index (κ1) is 26.4. The Morgan fingerprint density at radius 3 is 2.13 bits per heavy atom. The van der Waals surface area contributed by atoms with E-state index in [1.807, 2.05) is 49.4 Å². The maximum Gasteiger partial charge on any atom is 0.193 e. The quantitative estimate of drug-likeness (QED) is 0.368. The van der Waals surface area contributed by atoms with Gasteiger partial charge < -0.3 is 14.8 Å². The normalized spacial score (nSPS) is 16.6. The lowest BCUT2D eigenvalue weighted by molar-refractivity contribution is 0.0622. The third-order valence-electron chi connectivity index (χ3n) is 6.51. The molecule has 0 heterocycles. The monoisotopic (exact) mass is 481 g/mol. The van der Waals surface area contributed by atoms with Crippen LogP contribution < -0.4 is 5.32 Å². The van der Waals surface area contributed by atoms with Crippen LogP contribution in [0.3, 0.4) is 0 Å². The van der Waals surface area contributed by atoms with Crippen molar-refractivity contribution < 1.29 is 9.53 Å². The lowest BCUT2D eigenvalue weighted by Crippen LogP contribution is -2.52. The van der Waals surface area contributed by atoms with E-state index in [4.69, 9.17) is 27.6 Å². The SMILES string of the molecule is CC[C@@H](O)CN[C@](C)(c1ccc(Cl)cc1)[C@H](O[Si](C)(C)C(C)(C)C)c1cccc(Cl)c1. The van der Waals surface area contributed by atoms with Gasteiger partial charge in [-0.05, 0) is 66.9 Å². The number of rotatable bonds is 9. The molecule has 6 heteroatoms. The summed E-state index contributed by atoms with van der Waals surface area (Å²) in [7, 11) is -2.16. The Balaban J connectivity index is 2.65. The maximum atomic E-state index is 10.3. The van der Waals surface area contributed by atoms with E-state index >= 15 is 0 Å². The van der Waals surface area contributed by atoms with Crippen molar-refractivity contribution in [3.8, 4) is 0 Å². The largest absolute Gasteiger partial charge is 0.408 e. The van der Waals surface area contributed by atoms with Gasteiger partial charge in [-0.3, -0.25) is 0 Å². The van der Waals surface area contributed by atoms with Gasteiger partial charge >= 0.3 is 0 Å². The molecule has 0 saturated carbocycles. The van der Waals surface area contributed by atoms with Gasteiger partial charge in [0.15, 0.2) is 8.32 Å². The van der Waals surface area contributed by atoms with Crippen molar-refractivity contribution in [1.82, 2.24) is 5.32 Å². The number of benzene rings is 2. The highest BCUT2D eigenvalue weighted by molar-refractivity contribution is 6.74. The van der Waals surface area contributed by atoms with Crippen molar-refractivity contribution in [1.29, 1.82) is 0 Å². The molecule has 0 aromatic heterocycles. The zero-order valence-corrected chi connectivity index (χ0v) is 22.3. The summed E-state index contributed by atoms with van der Waals surface area (Å²) >= 11 is 12.6. The average Bonchev–Trinajstić information content (AvgIpc) is 2.69. The second-order valence-electron chi connectivity index (χ2n) is 9.97. The Kier molecular flexibility index (Phi) is 8.82. The zero-order valence-electron chi connectivity index (χ0n) is 19.8. The fourth-order valence-electron chi connectivity index (χ4n) is 3.28. The van der Waals surface area contributed by atoms with Crippen LogP contribution in [0.4, 0.5) is 0 Å². The molecule has 0 radical (unpaired) electrons. The highest BCUT2D eigenvalue weighted by atomic mass is 35.5. The molecule has 0 aliphatic carbocycles. The van der Waals surface area contributed by atoms with Crippen LogP contribution in [-0.2, 0) is 9.96 Å². The summed E-state index contributed by atoms with van der Waals surface area (Å²) in [6, 6.07) is 15.7. The van der Waals surface area contributed by atoms with Crippen LogP contribution in [0.2, 0.25) is 28.2 Å². The summed E-state index contributed by atoms with van der Waals surface area (Å²) in [6.45, 7) is 15.8. The molecule has 2 aromatic rings. The summed E-state index contributed by atoms with van der Waals surface area (Å²) in [5, 5.41) is 15.4. The molecule has 2 rings (SSSR count). The van der Waals surface area contributed by atoms with Crippen molar-refractivity contribution in [3.05, 3.63) is 69.7 Å². The van der Waals surface area contributed by atoms with E-state index in [0.29, 0.717) is 23.0 Å². The highest BCUT2D eigenvalue weighted by Crippen LogP contribution is 2.46. The minimum atomic E-state index is -2.16. The Morgan fingerprint density at radius 2 is 1.61 bits per heavy atom. The average molecular weight is 483 g/mol. The third kappa shape index (κ3) is 6.56. The van der Waals surface area contributed by atoms with Crippen LogP contribution in [0.5, 0.6) is 0 Å². The predicted molar refractivity (Wildman–Crippen MR) is 136 cm³/mol. The van der Waals surface area contributed by atoms with E-state index in [2.05, 4.69) is 52.2 Å². The van der Waals surface area contributed by atoms with Gasteiger partial charge in [-0.25, -0.2) is 0 Å². The number of halogens is 2. The summed E-state index contributed by atoms with van der Waals surface area (Å²) in [5.41, 5.74) is 1.44. The molecule has 172 valence electrons. The van der Waals surface area contributed by atoms with Crippen LogP contribution in [0.1, 0.15) is 58.3 Å². The van der Waals surface area contributed by atoms with Gasteiger partial charge in [-0.1, -0.05) is 75.2 Å². The summed E-state index contributed by atoms with van der Waals surface area (Å²) in [6.07, 6.45) is -0.0777. The van der Waals surface area contributed by atoms with Gasteiger partial charge in [0.25, 0.3) is 0 Å². The first-order chi connectivity index (χ1) is 14.3. The van der Waals surface area contributed by atoms with Gasteiger partial charge in [-0.15, -0.1) is 0 Å². The van der Waals surface area contributed by atoms with Crippen molar-refractivity contribution in [2.24, 2.45) is 0 Å². The van der Waals surface area contributed by atoms with E-state index < -0.39 is 20.0 Å². The molecule has 0 aliphatic rings. The van der Waals surface area contributed by atoms with Crippen molar-refractivity contribution in [2.75, 3.05) is 6.54 Å². The molecule has 0 fully saturated rings. The lowest BCUT2D eigenvalue weighted by Gasteiger charge is -2.46. The molecule has 0 bridgehead atoms. The summed E-state index contributed by atoms with van der Waals surface area (Å²) in [4.78, 5) is 0. The summed E-state index contributed by atoms with van der Waals surface area (Å²) < 4.78 is 7.06. The highest BCUT2D eigenvalue weighted by Gasteiger charge is 2.45. The molecule has 0 spiro atoms. The van der Waals surface area contributed by atoms with E-state index in [1.165, 1.54) is 0 Å². The van der Waals surface area contributed by atoms with Crippen LogP contribution >= 0.6 is 23.2 Å². The van der Waals surface area contributed by atoms with Crippen LogP contribution in [0.15, 0.2) is 48.5 Å². The predicted octanol–water partition coefficient (Wildman–Crippen LogP) is 7.33.